The van der Waals surface area contributed by atoms with Crippen LogP contribution in [0.2, 0.25) is 0 Å². The Bertz CT molecular complexity index is 1280. The Kier molecular flexibility index (Phi) is 8.20. The maximum absolute atomic E-state index is 13.4. The van der Waals surface area contributed by atoms with Gasteiger partial charge in [-0.05, 0) is 36.6 Å². The van der Waals surface area contributed by atoms with Crippen LogP contribution >= 0.6 is 0 Å². The highest BCUT2D eigenvalue weighted by atomic mass is 16.5. The first-order chi connectivity index (χ1) is 16.4. The van der Waals surface area contributed by atoms with E-state index in [4.69, 9.17) is 14.2 Å². The first-order valence-corrected chi connectivity index (χ1v) is 10.7. The van der Waals surface area contributed by atoms with Crippen LogP contribution in [0.4, 0.5) is 0 Å². The van der Waals surface area contributed by atoms with Crippen molar-refractivity contribution in [2.75, 3.05) is 34.5 Å². The Morgan fingerprint density at radius 1 is 1.03 bits per heavy atom. The second-order valence-electron chi connectivity index (χ2n) is 7.50. The quantitative estimate of drug-likeness (QED) is 0.449. The summed E-state index contributed by atoms with van der Waals surface area (Å²) in [5.41, 5.74) is 0.160. The number of benzene rings is 2. The summed E-state index contributed by atoms with van der Waals surface area (Å²) in [6.45, 7) is 2.62. The van der Waals surface area contributed by atoms with E-state index in [0.29, 0.717) is 36.8 Å². The molecule has 0 bridgehead atoms. The van der Waals surface area contributed by atoms with Crippen LogP contribution in [0.3, 0.4) is 0 Å². The topological polar surface area (TPSA) is 114 Å². The number of hydrogen-bond donors (Lipinski definition) is 1. The van der Waals surface area contributed by atoms with E-state index >= 15 is 0 Å². The van der Waals surface area contributed by atoms with Gasteiger partial charge in [-0.3, -0.25) is 14.2 Å². The van der Waals surface area contributed by atoms with Gasteiger partial charge in [0.15, 0.2) is 11.5 Å². The van der Waals surface area contributed by atoms with Gasteiger partial charge < -0.3 is 19.5 Å². The van der Waals surface area contributed by atoms with Crippen molar-refractivity contribution < 1.29 is 19.0 Å². The third-order valence-electron chi connectivity index (χ3n) is 5.29. The molecular weight excluding hydrogens is 440 g/mol. The number of nitrogens with zero attached hydrogens (tertiary/aromatic N) is 3. The number of hydrogen-bond acceptors (Lipinski definition) is 7. The number of nitrogens with one attached hydrogen (secondary N) is 1. The number of aryl methyl sites for hydroxylation is 1. The number of amides is 1. The normalized spacial score (nSPS) is 10.7. The van der Waals surface area contributed by atoms with Crippen LogP contribution in [0, 0.1) is 6.92 Å². The van der Waals surface area contributed by atoms with Crippen molar-refractivity contribution in [3.05, 3.63) is 80.1 Å². The Labute approximate surface area is 196 Å². The number of ether oxygens (including phenoxy) is 3. The van der Waals surface area contributed by atoms with Gasteiger partial charge in [0.2, 0.25) is 5.69 Å². The number of methoxy groups -OCH3 is 3. The molecule has 0 fully saturated rings. The van der Waals surface area contributed by atoms with Crippen molar-refractivity contribution in [3.63, 3.8) is 0 Å². The van der Waals surface area contributed by atoms with Crippen molar-refractivity contribution in [2.24, 2.45) is 0 Å². The summed E-state index contributed by atoms with van der Waals surface area (Å²) in [5.74, 6) is 0.161. The van der Waals surface area contributed by atoms with Gasteiger partial charge in [0.1, 0.15) is 0 Å². The molecule has 0 aliphatic rings. The molecule has 10 nitrogen and oxygen atoms in total. The molecule has 0 saturated heterocycles. The fraction of sp³-hybridized carbons (Fsp3) is 0.333. The summed E-state index contributed by atoms with van der Waals surface area (Å²) >= 11 is 0. The molecule has 1 heterocycles. The van der Waals surface area contributed by atoms with Crippen LogP contribution in [0.5, 0.6) is 11.5 Å². The Morgan fingerprint density at radius 3 is 2.44 bits per heavy atom. The smallest absolute Gasteiger partial charge is 0.352 e. The van der Waals surface area contributed by atoms with Crippen molar-refractivity contribution in [2.45, 2.75) is 19.9 Å². The molecule has 2 aromatic carbocycles. The van der Waals surface area contributed by atoms with Crippen LogP contribution in [0.1, 0.15) is 28.0 Å². The lowest BCUT2D eigenvalue weighted by Crippen LogP contribution is -2.46. The van der Waals surface area contributed by atoms with Crippen molar-refractivity contribution >= 4 is 5.91 Å². The van der Waals surface area contributed by atoms with Gasteiger partial charge in [-0.2, -0.15) is 9.78 Å². The van der Waals surface area contributed by atoms with E-state index in [9.17, 15) is 14.4 Å². The standard InChI is InChI=1S/C24H28N4O6/c1-16-8-5-6-9-17(16)15-27-23(30)21(22(29)25-12-7-13-32-2)26-28(24(27)31)18-10-11-19(33-3)20(14-18)34-4/h5-6,8-11,14H,7,12-13,15H2,1-4H3,(H,25,29). The number of carbonyl (C=O) groups excluding carboxylic acids is 1. The highest BCUT2D eigenvalue weighted by molar-refractivity contribution is 5.91. The Balaban J connectivity index is 2.15. The van der Waals surface area contributed by atoms with Gasteiger partial charge in [-0.25, -0.2) is 4.79 Å². The highest BCUT2D eigenvalue weighted by Gasteiger charge is 2.21. The van der Waals surface area contributed by atoms with E-state index in [2.05, 4.69) is 10.4 Å². The second kappa shape index (κ2) is 11.3. The van der Waals surface area contributed by atoms with Crippen molar-refractivity contribution in [3.8, 4) is 17.2 Å². The third kappa shape index (κ3) is 5.34. The summed E-state index contributed by atoms with van der Waals surface area (Å²) in [5, 5.41) is 6.79. The molecule has 1 aromatic heterocycles. The monoisotopic (exact) mass is 468 g/mol. The molecule has 0 spiro atoms. The maximum atomic E-state index is 13.4. The van der Waals surface area contributed by atoms with Crippen molar-refractivity contribution in [1.29, 1.82) is 0 Å². The molecule has 1 N–H and O–H groups in total. The summed E-state index contributed by atoms with van der Waals surface area (Å²) in [6, 6.07) is 12.2. The van der Waals surface area contributed by atoms with Crippen LogP contribution < -0.4 is 26.0 Å². The van der Waals surface area contributed by atoms with Gasteiger partial charge >= 0.3 is 5.69 Å². The predicted molar refractivity (Wildman–Crippen MR) is 126 cm³/mol. The molecule has 3 rings (SSSR count). The van der Waals surface area contributed by atoms with E-state index in [1.165, 1.54) is 14.2 Å². The molecule has 0 atom stereocenters. The molecule has 0 aliphatic heterocycles. The molecule has 10 heteroatoms. The second-order valence-corrected chi connectivity index (χ2v) is 7.50. The van der Waals surface area contributed by atoms with Crippen LogP contribution in [0.15, 0.2) is 52.1 Å². The van der Waals surface area contributed by atoms with E-state index in [1.54, 1.807) is 25.3 Å². The minimum absolute atomic E-state index is 0.00982. The molecule has 1 amide bonds. The van der Waals surface area contributed by atoms with Crippen LogP contribution in [-0.2, 0) is 11.3 Å². The van der Waals surface area contributed by atoms with E-state index in [0.717, 1.165) is 20.4 Å². The lowest BCUT2D eigenvalue weighted by Gasteiger charge is -2.14. The fourth-order valence-electron chi connectivity index (χ4n) is 3.38. The number of rotatable bonds is 10. The van der Waals surface area contributed by atoms with Gasteiger partial charge in [0.25, 0.3) is 11.5 Å². The zero-order valence-corrected chi connectivity index (χ0v) is 19.7. The Hall–Kier alpha value is -3.92. The fourth-order valence-corrected chi connectivity index (χ4v) is 3.38. The lowest BCUT2D eigenvalue weighted by molar-refractivity contribution is 0.0938. The zero-order valence-electron chi connectivity index (χ0n) is 19.7. The number of carbonyl (C=O) groups is 1. The van der Waals surface area contributed by atoms with Gasteiger partial charge in [0.05, 0.1) is 26.5 Å². The zero-order chi connectivity index (χ0) is 24.7. The predicted octanol–water partition coefficient (Wildman–Crippen LogP) is 1.53. The molecule has 0 unspecified atom stereocenters. The first kappa shape index (κ1) is 24.7. The minimum atomic E-state index is -0.769. The third-order valence-corrected chi connectivity index (χ3v) is 5.29. The number of aromatic nitrogens is 3. The molecule has 0 aliphatic carbocycles. The average Bonchev–Trinajstić information content (AvgIpc) is 2.85. The maximum Gasteiger partial charge on any atom is 0.352 e. The lowest BCUT2D eigenvalue weighted by atomic mass is 10.1. The summed E-state index contributed by atoms with van der Waals surface area (Å²) in [4.78, 5) is 39.4. The summed E-state index contributed by atoms with van der Waals surface area (Å²) in [6.07, 6.45) is 0.564. The molecule has 0 radical (unpaired) electrons. The van der Waals surface area contributed by atoms with Crippen LogP contribution in [-0.4, -0.2) is 54.7 Å². The average molecular weight is 469 g/mol. The molecule has 180 valence electrons. The van der Waals surface area contributed by atoms with E-state index in [-0.39, 0.29) is 12.2 Å². The Morgan fingerprint density at radius 2 is 1.76 bits per heavy atom. The van der Waals surface area contributed by atoms with E-state index < -0.39 is 17.2 Å². The molecule has 34 heavy (non-hydrogen) atoms. The van der Waals surface area contributed by atoms with Gasteiger partial charge in [-0.15, -0.1) is 0 Å². The van der Waals surface area contributed by atoms with Crippen LogP contribution in [0.25, 0.3) is 5.69 Å². The SMILES string of the molecule is COCCCNC(=O)c1nn(-c2ccc(OC)c(OC)c2)c(=O)n(Cc2ccccc2C)c1=O. The molecule has 0 saturated carbocycles. The van der Waals surface area contributed by atoms with Gasteiger partial charge in [0, 0.05) is 26.3 Å². The first-order valence-electron chi connectivity index (χ1n) is 10.7. The van der Waals surface area contributed by atoms with Crippen molar-refractivity contribution in [1.82, 2.24) is 19.7 Å². The minimum Gasteiger partial charge on any atom is -0.493 e. The van der Waals surface area contributed by atoms with E-state index in [1.807, 2.05) is 31.2 Å². The summed E-state index contributed by atoms with van der Waals surface area (Å²) < 4.78 is 17.6. The molecule has 3 aromatic rings. The van der Waals surface area contributed by atoms with Gasteiger partial charge in [-0.1, -0.05) is 24.3 Å². The summed E-state index contributed by atoms with van der Waals surface area (Å²) in [7, 11) is 4.53. The highest BCUT2D eigenvalue weighted by Crippen LogP contribution is 2.28. The molecular formula is C24H28N4O6. The largest absolute Gasteiger partial charge is 0.493 e.